The summed E-state index contributed by atoms with van der Waals surface area (Å²) in [6.07, 6.45) is 0.744. The molecule has 0 aliphatic carbocycles. The number of nitrogens with zero attached hydrogens (tertiary/aromatic N) is 2. The summed E-state index contributed by atoms with van der Waals surface area (Å²) >= 11 is 0. The van der Waals surface area contributed by atoms with Crippen LogP contribution in [0.25, 0.3) is 11.3 Å². The first-order valence-electron chi connectivity index (χ1n) is 9.74. The van der Waals surface area contributed by atoms with Crippen molar-refractivity contribution >= 4 is 11.5 Å². The van der Waals surface area contributed by atoms with Crippen LogP contribution in [0.1, 0.15) is 30.9 Å². The molecule has 0 atom stereocenters. The number of benzene rings is 2. The highest BCUT2D eigenvalue weighted by Crippen LogP contribution is 2.38. The molecule has 6 heteroatoms. The summed E-state index contributed by atoms with van der Waals surface area (Å²) in [5.41, 5.74) is 4.82. The Morgan fingerprint density at radius 3 is 2.38 bits per heavy atom. The Bertz CT molecular complexity index is 1100. The highest BCUT2D eigenvalue weighted by Gasteiger charge is 2.21. The maximum atomic E-state index is 12.7. The van der Waals surface area contributed by atoms with Gasteiger partial charge in [-0.3, -0.25) is 4.57 Å². The molecule has 6 nitrogen and oxygen atoms in total. The fourth-order valence-corrected chi connectivity index (χ4v) is 3.71. The predicted octanol–water partition coefficient (Wildman–Crippen LogP) is 4.35. The lowest BCUT2D eigenvalue weighted by Crippen LogP contribution is -2.28. The van der Waals surface area contributed by atoms with Gasteiger partial charge in [-0.05, 0) is 47.7 Å². The molecule has 4 rings (SSSR count). The second kappa shape index (κ2) is 7.62. The lowest BCUT2D eigenvalue weighted by atomic mass is 9.97. The first kappa shape index (κ1) is 19.1. The van der Waals surface area contributed by atoms with E-state index in [1.807, 2.05) is 30.3 Å². The van der Waals surface area contributed by atoms with Crippen LogP contribution in [-0.4, -0.2) is 23.8 Å². The highest BCUT2D eigenvalue weighted by molar-refractivity contribution is 5.73. The third kappa shape index (κ3) is 3.58. The number of nitrogens with one attached hydrogen (secondary N) is 1. The van der Waals surface area contributed by atoms with Gasteiger partial charge in [0.2, 0.25) is 0 Å². The lowest BCUT2D eigenvalue weighted by molar-refractivity contribution is 0.354. The monoisotopic (exact) mass is 391 g/mol. The Kier molecular flexibility index (Phi) is 5.01. The minimum absolute atomic E-state index is 0.260. The van der Waals surface area contributed by atoms with Gasteiger partial charge in [-0.15, -0.1) is 0 Å². The van der Waals surface area contributed by atoms with Gasteiger partial charge in [0.25, 0.3) is 0 Å². The first-order chi connectivity index (χ1) is 14.0. The minimum Gasteiger partial charge on any atom is -0.493 e. The number of methoxy groups -OCH3 is 2. The smallest absolute Gasteiger partial charge is 0.350 e. The minimum atomic E-state index is -0.260. The number of ether oxygens (including phenoxy) is 2. The highest BCUT2D eigenvalue weighted by atomic mass is 16.5. The Labute approximate surface area is 170 Å². The molecule has 1 N–H and O–H groups in total. The van der Waals surface area contributed by atoms with E-state index in [9.17, 15) is 4.79 Å². The zero-order chi connectivity index (χ0) is 20.5. The number of aromatic nitrogens is 2. The summed E-state index contributed by atoms with van der Waals surface area (Å²) < 4.78 is 12.6. The van der Waals surface area contributed by atoms with E-state index in [1.165, 1.54) is 5.56 Å². The van der Waals surface area contributed by atoms with Crippen molar-refractivity contribution in [1.29, 1.82) is 0 Å². The average Bonchev–Trinajstić information content (AvgIpc) is 2.73. The molecule has 3 aromatic rings. The summed E-state index contributed by atoms with van der Waals surface area (Å²) in [5, 5.41) is 3.26. The van der Waals surface area contributed by atoms with Gasteiger partial charge in [-0.2, -0.15) is 4.98 Å². The Balaban J connectivity index is 1.74. The van der Waals surface area contributed by atoms with Gasteiger partial charge in [-0.1, -0.05) is 26.0 Å². The van der Waals surface area contributed by atoms with Crippen LogP contribution in [-0.2, 0) is 13.0 Å². The van der Waals surface area contributed by atoms with Crippen LogP contribution in [0, 0.1) is 0 Å². The van der Waals surface area contributed by atoms with Gasteiger partial charge in [0.05, 0.1) is 19.9 Å². The molecule has 0 fully saturated rings. The molecule has 150 valence electrons. The van der Waals surface area contributed by atoms with E-state index in [-0.39, 0.29) is 5.69 Å². The topological polar surface area (TPSA) is 65.4 Å². The Morgan fingerprint density at radius 2 is 1.72 bits per heavy atom. The largest absolute Gasteiger partial charge is 0.493 e. The van der Waals surface area contributed by atoms with E-state index in [0.29, 0.717) is 29.8 Å². The van der Waals surface area contributed by atoms with Crippen LogP contribution in [0.15, 0.2) is 47.3 Å². The van der Waals surface area contributed by atoms with E-state index >= 15 is 0 Å². The quantitative estimate of drug-likeness (QED) is 0.700. The maximum absolute atomic E-state index is 12.7. The van der Waals surface area contributed by atoms with Crippen molar-refractivity contribution in [2.75, 3.05) is 19.5 Å². The maximum Gasteiger partial charge on any atom is 0.350 e. The summed E-state index contributed by atoms with van der Waals surface area (Å²) in [5.74, 6) is 2.34. The van der Waals surface area contributed by atoms with Crippen molar-refractivity contribution in [3.05, 3.63) is 64.1 Å². The Hall–Kier alpha value is -3.28. The van der Waals surface area contributed by atoms with E-state index in [0.717, 1.165) is 28.9 Å². The third-order valence-electron chi connectivity index (χ3n) is 5.35. The number of fused-ring (bicyclic) bond motifs is 3. The second-order valence-corrected chi connectivity index (χ2v) is 7.48. The van der Waals surface area contributed by atoms with Crippen molar-refractivity contribution in [1.82, 2.24) is 9.55 Å². The molecule has 2 heterocycles. The van der Waals surface area contributed by atoms with Gasteiger partial charge in [-0.25, -0.2) is 4.79 Å². The molecule has 0 unspecified atom stereocenters. The summed E-state index contributed by atoms with van der Waals surface area (Å²) in [7, 11) is 3.24. The van der Waals surface area contributed by atoms with E-state index < -0.39 is 0 Å². The van der Waals surface area contributed by atoms with Gasteiger partial charge in [0.15, 0.2) is 11.5 Å². The van der Waals surface area contributed by atoms with Gasteiger partial charge in [0, 0.05) is 23.9 Å². The molecular weight excluding hydrogens is 366 g/mol. The molecule has 0 saturated carbocycles. The Morgan fingerprint density at radius 1 is 1.03 bits per heavy atom. The first-order valence-corrected chi connectivity index (χ1v) is 9.74. The van der Waals surface area contributed by atoms with Crippen molar-refractivity contribution < 1.29 is 9.47 Å². The van der Waals surface area contributed by atoms with Crippen LogP contribution >= 0.6 is 0 Å². The van der Waals surface area contributed by atoms with Crippen molar-refractivity contribution in [2.24, 2.45) is 0 Å². The molecule has 1 aromatic heterocycles. The van der Waals surface area contributed by atoms with Crippen molar-refractivity contribution in [3.63, 3.8) is 0 Å². The van der Waals surface area contributed by atoms with Crippen LogP contribution in [0.2, 0.25) is 0 Å². The number of aryl methyl sites for hydroxylation is 1. The van der Waals surface area contributed by atoms with E-state index in [1.54, 1.807) is 18.8 Å². The summed E-state index contributed by atoms with van der Waals surface area (Å²) in [4.78, 5) is 16.9. The number of rotatable bonds is 5. The molecule has 1 aliphatic heterocycles. The molecule has 1 aliphatic rings. The van der Waals surface area contributed by atoms with Crippen LogP contribution in [0.4, 0.5) is 11.5 Å². The molecule has 2 aromatic carbocycles. The SMILES string of the molecule is COc1cc2c(cc1OC)-c1cc(Nc3ccc(C(C)C)cc3)nc(=O)n1CC2. The number of anilines is 2. The van der Waals surface area contributed by atoms with Crippen molar-refractivity contribution in [2.45, 2.75) is 32.7 Å². The van der Waals surface area contributed by atoms with Crippen LogP contribution in [0.5, 0.6) is 11.5 Å². The molecule has 0 spiro atoms. The zero-order valence-electron chi connectivity index (χ0n) is 17.2. The van der Waals surface area contributed by atoms with Crippen molar-refractivity contribution in [3.8, 4) is 22.8 Å². The fourth-order valence-electron chi connectivity index (χ4n) is 3.71. The second-order valence-electron chi connectivity index (χ2n) is 7.48. The third-order valence-corrected chi connectivity index (χ3v) is 5.35. The fraction of sp³-hybridized carbons (Fsp3) is 0.304. The average molecular weight is 391 g/mol. The van der Waals surface area contributed by atoms with Gasteiger partial charge < -0.3 is 14.8 Å². The lowest BCUT2D eigenvalue weighted by Gasteiger charge is -2.23. The number of hydrogen-bond acceptors (Lipinski definition) is 5. The van der Waals surface area contributed by atoms with Gasteiger partial charge >= 0.3 is 5.69 Å². The molecule has 0 bridgehead atoms. The normalized spacial score (nSPS) is 12.3. The predicted molar refractivity (Wildman–Crippen MR) is 115 cm³/mol. The standard InChI is InChI=1S/C23H25N3O3/c1-14(2)15-5-7-17(8-6-15)24-22-13-19-18-12-21(29-4)20(28-3)11-16(18)9-10-26(19)23(27)25-22/h5-8,11-14H,9-10H2,1-4H3,(H,24,25,27). The summed E-state index contributed by atoms with van der Waals surface area (Å²) in [6, 6.07) is 14.0. The zero-order valence-corrected chi connectivity index (χ0v) is 17.2. The van der Waals surface area contributed by atoms with Crippen LogP contribution < -0.4 is 20.5 Å². The molecule has 29 heavy (non-hydrogen) atoms. The van der Waals surface area contributed by atoms with Gasteiger partial charge in [0.1, 0.15) is 5.82 Å². The van der Waals surface area contributed by atoms with E-state index in [4.69, 9.17) is 9.47 Å². The molecular formula is C23H25N3O3. The van der Waals surface area contributed by atoms with E-state index in [2.05, 4.69) is 36.3 Å². The van der Waals surface area contributed by atoms with Crippen LogP contribution in [0.3, 0.4) is 0 Å². The number of hydrogen-bond donors (Lipinski definition) is 1. The molecule has 0 radical (unpaired) electrons. The summed E-state index contributed by atoms with van der Waals surface area (Å²) in [6.45, 7) is 4.91. The molecule has 0 amide bonds. The molecule has 0 saturated heterocycles.